The van der Waals surface area contributed by atoms with E-state index in [0.29, 0.717) is 11.6 Å². The van der Waals surface area contributed by atoms with Gasteiger partial charge in [0.15, 0.2) is 0 Å². The van der Waals surface area contributed by atoms with Gasteiger partial charge in [0.1, 0.15) is 5.75 Å². The van der Waals surface area contributed by atoms with Gasteiger partial charge in [0.25, 0.3) is 0 Å². The summed E-state index contributed by atoms with van der Waals surface area (Å²) in [6, 6.07) is 13.4. The number of hydrogen-bond acceptors (Lipinski definition) is 2. The quantitative estimate of drug-likeness (QED) is 0.820. The highest BCUT2D eigenvalue weighted by atomic mass is 35.5. The zero-order valence-corrected chi connectivity index (χ0v) is 12.7. The summed E-state index contributed by atoms with van der Waals surface area (Å²) < 4.78 is 0. The summed E-state index contributed by atoms with van der Waals surface area (Å²) in [5.41, 5.74) is 2.21. The monoisotopic (exact) mass is 309 g/mol. The van der Waals surface area contributed by atoms with Gasteiger partial charge in [-0.15, -0.1) is 0 Å². The van der Waals surface area contributed by atoms with E-state index in [1.165, 1.54) is 5.56 Å². The van der Waals surface area contributed by atoms with Crippen molar-refractivity contribution >= 4 is 23.2 Å². The summed E-state index contributed by atoms with van der Waals surface area (Å²) in [5.74, 6) is 0.109. The molecule has 20 heavy (non-hydrogen) atoms. The molecule has 4 heteroatoms. The summed E-state index contributed by atoms with van der Waals surface area (Å²) in [4.78, 5) is 0. The van der Waals surface area contributed by atoms with E-state index in [4.69, 9.17) is 23.2 Å². The first kappa shape index (κ1) is 15.2. The number of hydrogen-bond donors (Lipinski definition) is 2. The molecule has 0 fully saturated rings. The smallest absolute Gasteiger partial charge is 0.134 e. The van der Waals surface area contributed by atoms with Crippen LogP contribution < -0.4 is 5.32 Å². The van der Waals surface area contributed by atoms with E-state index < -0.39 is 0 Å². The van der Waals surface area contributed by atoms with E-state index in [1.807, 2.05) is 24.3 Å². The number of aromatic hydroxyl groups is 1. The van der Waals surface area contributed by atoms with Gasteiger partial charge in [0, 0.05) is 17.6 Å². The van der Waals surface area contributed by atoms with Crippen LogP contribution in [0.15, 0.2) is 42.5 Å². The van der Waals surface area contributed by atoms with Crippen molar-refractivity contribution in [3.05, 3.63) is 63.6 Å². The predicted molar refractivity (Wildman–Crippen MR) is 84.4 cm³/mol. The van der Waals surface area contributed by atoms with E-state index in [2.05, 4.69) is 18.3 Å². The largest absolute Gasteiger partial charge is 0.506 e. The van der Waals surface area contributed by atoms with Crippen LogP contribution in [0.1, 0.15) is 30.5 Å². The molecular weight excluding hydrogens is 293 g/mol. The Bertz CT molecular complexity index is 586. The van der Waals surface area contributed by atoms with E-state index in [0.717, 1.165) is 17.0 Å². The topological polar surface area (TPSA) is 32.3 Å². The van der Waals surface area contributed by atoms with Crippen LogP contribution in [-0.4, -0.2) is 5.11 Å². The fraction of sp³-hybridized carbons (Fsp3) is 0.250. The van der Waals surface area contributed by atoms with E-state index in [9.17, 15) is 5.11 Å². The molecule has 2 N–H and O–H groups in total. The molecule has 0 saturated heterocycles. The minimum absolute atomic E-state index is 0.109. The van der Waals surface area contributed by atoms with Crippen molar-refractivity contribution < 1.29 is 5.11 Å². The van der Waals surface area contributed by atoms with E-state index in [-0.39, 0.29) is 11.8 Å². The lowest BCUT2D eigenvalue weighted by Crippen LogP contribution is -2.20. The number of phenols is 1. The van der Waals surface area contributed by atoms with Gasteiger partial charge in [-0.05, 0) is 41.8 Å². The molecule has 2 rings (SSSR count). The summed E-state index contributed by atoms with van der Waals surface area (Å²) >= 11 is 11.9. The molecule has 2 nitrogen and oxygen atoms in total. The van der Waals surface area contributed by atoms with E-state index >= 15 is 0 Å². The highest BCUT2D eigenvalue weighted by Crippen LogP contribution is 2.25. The van der Waals surface area contributed by atoms with Gasteiger partial charge in [-0.2, -0.15) is 0 Å². The Balaban J connectivity index is 2.05. The second-order valence-corrected chi connectivity index (χ2v) is 5.53. The van der Waals surface area contributed by atoms with Crippen molar-refractivity contribution in [2.75, 3.05) is 0 Å². The Morgan fingerprint density at radius 1 is 1.15 bits per heavy atom. The number of benzene rings is 2. The SMILES string of the molecule is CCC(NCc1ccc(O)c(Cl)c1)c1cccc(Cl)c1. The third-order valence-electron chi connectivity index (χ3n) is 3.22. The van der Waals surface area contributed by atoms with Crippen molar-refractivity contribution in [2.45, 2.75) is 25.9 Å². The third kappa shape index (κ3) is 3.89. The van der Waals surface area contributed by atoms with Crippen LogP contribution in [0.25, 0.3) is 0 Å². The molecule has 2 aromatic carbocycles. The Morgan fingerprint density at radius 2 is 1.95 bits per heavy atom. The average Bonchev–Trinajstić information content (AvgIpc) is 2.43. The number of halogens is 2. The molecule has 0 aliphatic heterocycles. The van der Waals surface area contributed by atoms with Crippen LogP contribution in [0.3, 0.4) is 0 Å². The second-order valence-electron chi connectivity index (χ2n) is 4.68. The maximum Gasteiger partial charge on any atom is 0.134 e. The normalized spacial score (nSPS) is 12.3. The van der Waals surface area contributed by atoms with Gasteiger partial charge in [-0.3, -0.25) is 0 Å². The summed E-state index contributed by atoms with van der Waals surface area (Å²) in [5, 5.41) is 14.0. The lowest BCUT2D eigenvalue weighted by molar-refractivity contribution is 0.474. The molecule has 0 saturated carbocycles. The third-order valence-corrected chi connectivity index (χ3v) is 3.76. The van der Waals surface area contributed by atoms with Crippen LogP contribution in [0.4, 0.5) is 0 Å². The maximum atomic E-state index is 9.41. The molecule has 0 spiro atoms. The Kier molecular flexibility index (Phi) is 5.30. The van der Waals surface area contributed by atoms with Crippen LogP contribution in [0.2, 0.25) is 10.0 Å². The average molecular weight is 310 g/mol. The first-order valence-corrected chi connectivity index (χ1v) is 7.32. The highest BCUT2D eigenvalue weighted by molar-refractivity contribution is 6.32. The molecule has 2 aromatic rings. The minimum atomic E-state index is 0.109. The molecule has 0 aliphatic carbocycles. The molecule has 0 aliphatic rings. The molecular formula is C16H17Cl2NO. The molecule has 1 unspecified atom stereocenters. The number of phenolic OH excluding ortho intramolecular Hbond substituents is 1. The summed E-state index contributed by atoms with van der Waals surface area (Å²) in [6.45, 7) is 2.81. The first-order valence-electron chi connectivity index (χ1n) is 6.56. The Morgan fingerprint density at radius 3 is 2.60 bits per heavy atom. The fourth-order valence-electron chi connectivity index (χ4n) is 2.12. The van der Waals surface area contributed by atoms with Crippen LogP contribution in [-0.2, 0) is 6.54 Å². The van der Waals surface area contributed by atoms with Gasteiger partial charge in [0.05, 0.1) is 5.02 Å². The van der Waals surface area contributed by atoms with Crippen LogP contribution in [0.5, 0.6) is 5.75 Å². The summed E-state index contributed by atoms with van der Waals surface area (Å²) in [6.07, 6.45) is 0.964. The van der Waals surface area contributed by atoms with Crippen molar-refractivity contribution in [3.8, 4) is 5.75 Å². The zero-order chi connectivity index (χ0) is 14.5. The van der Waals surface area contributed by atoms with E-state index in [1.54, 1.807) is 12.1 Å². The molecule has 0 bridgehead atoms. The fourth-order valence-corrected chi connectivity index (χ4v) is 2.52. The van der Waals surface area contributed by atoms with Gasteiger partial charge in [0.2, 0.25) is 0 Å². The molecule has 0 aromatic heterocycles. The predicted octanol–water partition coefficient (Wildman–Crippen LogP) is 4.94. The van der Waals surface area contributed by atoms with Crippen LogP contribution >= 0.6 is 23.2 Å². The van der Waals surface area contributed by atoms with Gasteiger partial charge in [-0.25, -0.2) is 0 Å². The molecule has 0 amide bonds. The Labute approximate surface area is 129 Å². The first-order chi connectivity index (χ1) is 9.60. The number of nitrogens with one attached hydrogen (secondary N) is 1. The van der Waals surface area contributed by atoms with Gasteiger partial charge < -0.3 is 10.4 Å². The summed E-state index contributed by atoms with van der Waals surface area (Å²) in [7, 11) is 0. The second kappa shape index (κ2) is 6.98. The van der Waals surface area contributed by atoms with Crippen molar-refractivity contribution in [3.63, 3.8) is 0 Å². The van der Waals surface area contributed by atoms with Crippen molar-refractivity contribution in [1.29, 1.82) is 0 Å². The lowest BCUT2D eigenvalue weighted by atomic mass is 10.0. The molecule has 0 radical (unpaired) electrons. The zero-order valence-electron chi connectivity index (χ0n) is 11.2. The lowest BCUT2D eigenvalue weighted by Gasteiger charge is -2.18. The van der Waals surface area contributed by atoms with Gasteiger partial charge >= 0.3 is 0 Å². The number of rotatable bonds is 5. The molecule has 1 atom stereocenters. The van der Waals surface area contributed by atoms with Crippen LogP contribution in [0, 0.1) is 0 Å². The van der Waals surface area contributed by atoms with Crippen molar-refractivity contribution in [2.24, 2.45) is 0 Å². The molecule has 0 heterocycles. The standard InChI is InChI=1S/C16H17Cl2NO/c1-2-15(12-4-3-5-13(17)9-12)19-10-11-6-7-16(20)14(18)8-11/h3-9,15,19-20H,2,10H2,1H3. The van der Waals surface area contributed by atoms with Gasteiger partial charge in [-0.1, -0.05) is 48.3 Å². The minimum Gasteiger partial charge on any atom is -0.506 e. The van der Waals surface area contributed by atoms with Crippen molar-refractivity contribution in [1.82, 2.24) is 5.32 Å². The molecule has 106 valence electrons. The maximum absolute atomic E-state index is 9.41. The Hall–Kier alpha value is -1.22. The highest BCUT2D eigenvalue weighted by Gasteiger charge is 2.09.